The van der Waals surface area contributed by atoms with Crippen LogP contribution in [0.15, 0.2) is 15.9 Å². The van der Waals surface area contributed by atoms with Crippen molar-refractivity contribution in [2.75, 3.05) is 6.54 Å². The van der Waals surface area contributed by atoms with Gasteiger partial charge in [0.25, 0.3) is 0 Å². The molecule has 1 saturated carbocycles. The van der Waals surface area contributed by atoms with Crippen LogP contribution in [0.5, 0.6) is 0 Å². The second-order valence-corrected chi connectivity index (χ2v) is 7.45. The van der Waals surface area contributed by atoms with Crippen molar-refractivity contribution < 1.29 is 0 Å². The van der Waals surface area contributed by atoms with Crippen molar-refractivity contribution in [2.45, 2.75) is 44.7 Å². The molecule has 0 saturated heterocycles. The highest BCUT2D eigenvalue weighted by Crippen LogP contribution is 2.23. The van der Waals surface area contributed by atoms with Crippen molar-refractivity contribution in [1.29, 1.82) is 0 Å². The Kier molecular flexibility index (Phi) is 5.48. The van der Waals surface area contributed by atoms with Gasteiger partial charge in [-0.25, -0.2) is 0 Å². The van der Waals surface area contributed by atoms with E-state index in [2.05, 4.69) is 33.4 Å². The number of rotatable bonds is 4. The lowest BCUT2D eigenvalue weighted by Gasteiger charge is -2.21. The first kappa shape index (κ1) is 13.5. The third kappa shape index (κ3) is 4.36. The minimum atomic E-state index is 0.403. The van der Waals surface area contributed by atoms with Gasteiger partial charge in [-0.1, -0.05) is 19.3 Å². The molecule has 96 valence electrons. The monoisotopic (exact) mass is 316 g/mol. The van der Waals surface area contributed by atoms with E-state index in [9.17, 15) is 0 Å². The zero-order valence-electron chi connectivity index (χ0n) is 10.1. The molecule has 17 heavy (non-hydrogen) atoms. The van der Waals surface area contributed by atoms with Gasteiger partial charge in [-0.15, -0.1) is 11.3 Å². The lowest BCUT2D eigenvalue weighted by molar-refractivity contribution is 0.375. The van der Waals surface area contributed by atoms with E-state index in [1.807, 2.05) is 0 Å². The predicted molar refractivity (Wildman–Crippen MR) is 78.3 cm³/mol. The minimum Gasteiger partial charge on any atom is -0.327 e. The molecule has 0 aliphatic heterocycles. The summed E-state index contributed by atoms with van der Waals surface area (Å²) < 4.78 is 1.21. The SMILES string of the molecule is NC1CCCCCC1CNCc1ccc(Br)s1. The van der Waals surface area contributed by atoms with E-state index in [1.54, 1.807) is 11.3 Å². The van der Waals surface area contributed by atoms with Crippen molar-refractivity contribution in [1.82, 2.24) is 5.32 Å². The van der Waals surface area contributed by atoms with Crippen LogP contribution in [0.2, 0.25) is 0 Å². The van der Waals surface area contributed by atoms with Gasteiger partial charge in [-0.3, -0.25) is 0 Å². The maximum atomic E-state index is 6.22. The van der Waals surface area contributed by atoms with Gasteiger partial charge >= 0.3 is 0 Å². The molecule has 0 amide bonds. The molecule has 2 unspecified atom stereocenters. The highest BCUT2D eigenvalue weighted by molar-refractivity contribution is 9.11. The normalized spacial score (nSPS) is 25.8. The summed E-state index contributed by atoms with van der Waals surface area (Å²) in [6, 6.07) is 4.69. The van der Waals surface area contributed by atoms with Gasteiger partial charge in [-0.2, -0.15) is 0 Å². The molecule has 2 atom stereocenters. The minimum absolute atomic E-state index is 0.403. The first-order chi connectivity index (χ1) is 8.25. The van der Waals surface area contributed by atoms with E-state index in [-0.39, 0.29) is 0 Å². The van der Waals surface area contributed by atoms with E-state index in [4.69, 9.17) is 5.73 Å². The van der Waals surface area contributed by atoms with Crippen LogP contribution in [-0.4, -0.2) is 12.6 Å². The first-order valence-corrected chi connectivity index (χ1v) is 8.07. The number of hydrogen-bond donors (Lipinski definition) is 2. The topological polar surface area (TPSA) is 38.0 Å². The molecule has 2 nitrogen and oxygen atoms in total. The van der Waals surface area contributed by atoms with Gasteiger partial charge in [0.2, 0.25) is 0 Å². The second kappa shape index (κ2) is 6.88. The number of hydrogen-bond acceptors (Lipinski definition) is 3. The number of nitrogens with one attached hydrogen (secondary N) is 1. The molecule has 1 aliphatic rings. The molecule has 0 radical (unpaired) electrons. The summed E-state index contributed by atoms with van der Waals surface area (Å²) in [4.78, 5) is 1.39. The lowest BCUT2D eigenvalue weighted by Crippen LogP contribution is -2.36. The molecular formula is C13H21BrN2S. The van der Waals surface area contributed by atoms with E-state index in [0.29, 0.717) is 12.0 Å². The zero-order valence-corrected chi connectivity index (χ0v) is 12.5. The Labute approximate surface area is 116 Å². The van der Waals surface area contributed by atoms with Gasteiger partial charge in [-0.05, 0) is 53.4 Å². The molecule has 1 fully saturated rings. The van der Waals surface area contributed by atoms with Gasteiger partial charge in [0.1, 0.15) is 0 Å². The zero-order chi connectivity index (χ0) is 12.1. The average molecular weight is 317 g/mol. The quantitative estimate of drug-likeness (QED) is 0.834. The maximum Gasteiger partial charge on any atom is 0.0701 e. The third-order valence-corrected chi connectivity index (χ3v) is 5.18. The Bertz CT molecular complexity index is 340. The fourth-order valence-corrected chi connectivity index (χ4v) is 3.95. The van der Waals surface area contributed by atoms with E-state index in [0.717, 1.165) is 13.1 Å². The standard InChI is InChI=1S/C13H21BrN2S/c14-13-7-6-11(17-13)9-16-8-10-4-2-1-3-5-12(10)15/h6-7,10,12,16H,1-5,8-9,15H2. The molecular weight excluding hydrogens is 296 g/mol. The highest BCUT2D eigenvalue weighted by Gasteiger charge is 2.19. The molecule has 2 rings (SSSR count). The fourth-order valence-electron chi connectivity index (χ4n) is 2.49. The predicted octanol–water partition coefficient (Wildman–Crippen LogP) is 3.51. The van der Waals surface area contributed by atoms with Gasteiger partial charge < -0.3 is 11.1 Å². The second-order valence-electron chi connectivity index (χ2n) is 4.90. The van der Waals surface area contributed by atoms with Gasteiger partial charge in [0, 0.05) is 17.5 Å². The number of halogens is 1. The summed E-state index contributed by atoms with van der Waals surface area (Å²) in [5.74, 6) is 0.668. The van der Waals surface area contributed by atoms with Gasteiger partial charge in [0.15, 0.2) is 0 Å². The molecule has 0 spiro atoms. The summed E-state index contributed by atoms with van der Waals surface area (Å²) in [6.45, 7) is 2.04. The molecule has 0 aromatic carbocycles. The molecule has 1 aromatic rings. The van der Waals surface area contributed by atoms with Crippen LogP contribution >= 0.6 is 27.3 Å². The van der Waals surface area contributed by atoms with Gasteiger partial charge in [0.05, 0.1) is 3.79 Å². The Hall–Kier alpha value is 0.1000. The molecule has 3 N–H and O–H groups in total. The van der Waals surface area contributed by atoms with Crippen molar-refractivity contribution in [3.63, 3.8) is 0 Å². The Morgan fingerprint density at radius 3 is 2.88 bits per heavy atom. The Balaban J connectivity index is 1.73. The van der Waals surface area contributed by atoms with Crippen molar-refractivity contribution in [3.05, 3.63) is 20.8 Å². The fraction of sp³-hybridized carbons (Fsp3) is 0.692. The first-order valence-electron chi connectivity index (χ1n) is 6.46. The summed E-state index contributed by atoms with van der Waals surface area (Å²) >= 11 is 5.29. The third-order valence-electron chi connectivity index (χ3n) is 3.55. The summed E-state index contributed by atoms with van der Waals surface area (Å²) in [5, 5.41) is 3.55. The van der Waals surface area contributed by atoms with Crippen LogP contribution in [0.1, 0.15) is 37.0 Å². The smallest absolute Gasteiger partial charge is 0.0701 e. The lowest BCUT2D eigenvalue weighted by atomic mass is 9.95. The van der Waals surface area contributed by atoms with Crippen LogP contribution in [0.3, 0.4) is 0 Å². The van der Waals surface area contributed by atoms with Crippen LogP contribution < -0.4 is 11.1 Å². The maximum absolute atomic E-state index is 6.22. The van der Waals surface area contributed by atoms with Crippen LogP contribution in [0.4, 0.5) is 0 Å². The molecule has 1 heterocycles. The van der Waals surface area contributed by atoms with Crippen LogP contribution in [0, 0.1) is 5.92 Å². The van der Waals surface area contributed by atoms with E-state index in [1.165, 1.54) is 40.8 Å². The average Bonchev–Trinajstić information content (AvgIpc) is 2.61. The van der Waals surface area contributed by atoms with Crippen molar-refractivity contribution in [3.8, 4) is 0 Å². The molecule has 0 bridgehead atoms. The number of thiophene rings is 1. The Morgan fingerprint density at radius 1 is 1.29 bits per heavy atom. The summed E-state index contributed by atoms with van der Waals surface area (Å²) in [7, 11) is 0. The summed E-state index contributed by atoms with van der Waals surface area (Å²) in [6.07, 6.45) is 6.53. The largest absolute Gasteiger partial charge is 0.327 e. The van der Waals surface area contributed by atoms with Crippen molar-refractivity contribution in [2.24, 2.45) is 11.7 Å². The van der Waals surface area contributed by atoms with E-state index >= 15 is 0 Å². The highest BCUT2D eigenvalue weighted by atomic mass is 79.9. The molecule has 1 aromatic heterocycles. The van der Waals surface area contributed by atoms with Crippen LogP contribution in [0.25, 0.3) is 0 Å². The molecule has 1 aliphatic carbocycles. The Morgan fingerprint density at radius 2 is 2.12 bits per heavy atom. The van der Waals surface area contributed by atoms with Crippen molar-refractivity contribution >= 4 is 27.3 Å². The number of nitrogens with two attached hydrogens (primary N) is 1. The molecule has 4 heteroatoms. The van der Waals surface area contributed by atoms with Crippen LogP contribution in [-0.2, 0) is 6.54 Å². The van der Waals surface area contributed by atoms with E-state index < -0.39 is 0 Å². The summed E-state index contributed by atoms with van der Waals surface area (Å²) in [5.41, 5.74) is 6.22.